The van der Waals surface area contributed by atoms with Gasteiger partial charge in [-0.1, -0.05) is 18.2 Å². The number of ether oxygens (including phenoxy) is 1. The lowest BCUT2D eigenvalue weighted by Gasteiger charge is -2.13. The lowest BCUT2D eigenvalue weighted by atomic mass is 10.1. The summed E-state index contributed by atoms with van der Waals surface area (Å²) in [6.07, 6.45) is 1.84. The fourth-order valence-electron chi connectivity index (χ4n) is 2.42. The van der Waals surface area contributed by atoms with Crippen molar-refractivity contribution >= 4 is 12.0 Å². The van der Waals surface area contributed by atoms with E-state index in [0.29, 0.717) is 32.4 Å². The molecule has 0 aromatic heterocycles. The van der Waals surface area contributed by atoms with Crippen LogP contribution >= 0.6 is 0 Å². The molecule has 3 N–H and O–H groups in total. The molecule has 1 fully saturated rings. The van der Waals surface area contributed by atoms with Crippen molar-refractivity contribution < 1.29 is 19.4 Å². The number of hydrogen-bond donors (Lipinski definition) is 3. The van der Waals surface area contributed by atoms with Crippen molar-refractivity contribution in [3.05, 3.63) is 30.3 Å². The lowest BCUT2D eigenvalue weighted by Crippen LogP contribution is -2.42. The summed E-state index contributed by atoms with van der Waals surface area (Å²) in [6, 6.07) is 9.05. The first-order valence-electron chi connectivity index (χ1n) is 7.10. The quantitative estimate of drug-likeness (QED) is 0.695. The van der Waals surface area contributed by atoms with Gasteiger partial charge in [0, 0.05) is 6.04 Å². The highest BCUT2D eigenvalue weighted by molar-refractivity contribution is 5.75. The summed E-state index contributed by atoms with van der Waals surface area (Å²) in [4.78, 5) is 22.5. The van der Waals surface area contributed by atoms with Crippen LogP contribution in [0.5, 0.6) is 5.75 Å². The summed E-state index contributed by atoms with van der Waals surface area (Å²) in [6.45, 7) is 0.787. The van der Waals surface area contributed by atoms with Gasteiger partial charge in [0.15, 0.2) is 0 Å². The Morgan fingerprint density at radius 2 is 2.00 bits per heavy atom. The average molecular weight is 292 g/mol. The van der Waals surface area contributed by atoms with Gasteiger partial charge in [-0.25, -0.2) is 4.79 Å². The number of rotatable bonds is 6. The second-order valence-corrected chi connectivity index (χ2v) is 5.11. The number of aliphatic carboxylic acids is 1. The van der Waals surface area contributed by atoms with Gasteiger partial charge in [-0.05, 0) is 31.4 Å². The smallest absolute Gasteiger partial charge is 0.315 e. The summed E-state index contributed by atoms with van der Waals surface area (Å²) in [7, 11) is 0. The van der Waals surface area contributed by atoms with E-state index >= 15 is 0 Å². The van der Waals surface area contributed by atoms with Gasteiger partial charge < -0.3 is 20.5 Å². The van der Waals surface area contributed by atoms with E-state index in [1.165, 1.54) is 0 Å². The Morgan fingerprint density at radius 3 is 2.67 bits per heavy atom. The van der Waals surface area contributed by atoms with Crippen LogP contribution in [0, 0.1) is 5.92 Å². The third kappa shape index (κ3) is 4.98. The minimum absolute atomic E-state index is 0.0545. The van der Waals surface area contributed by atoms with Crippen molar-refractivity contribution in [1.29, 1.82) is 0 Å². The summed E-state index contributed by atoms with van der Waals surface area (Å²) in [5.74, 6) is -0.354. The van der Waals surface area contributed by atoms with E-state index in [-0.39, 0.29) is 18.0 Å². The van der Waals surface area contributed by atoms with Crippen LogP contribution in [0.25, 0.3) is 0 Å². The van der Waals surface area contributed by atoms with Crippen LogP contribution in [0.4, 0.5) is 4.79 Å². The molecule has 1 aromatic rings. The number of urea groups is 1. The first-order valence-corrected chi connectivity index (χ1v) is 7.10. The molecule has 6 heteroatoms. The molecule has 1 aromatic carbocycles. The first-order chi connectivity index (χ1) is 10.1. The Hall–Kier alpha value is -2.24. The maximum absolute atomic E-state index is 11.7. The van der Waals surface area contributed by atoms with E-state index in [9.17, 15) is 9.59 Å². The van der Waals surface area contributed by atoms with Crippen molar-refractivity contribution in [2.75, 3.05) is 13.2 Å². The van der Waals surface area contributed by atoms with E-state index in [0.717, 1.165) is 5.75 Å². The topological polar surface area (TPSA) is 87.7 Å². The highest BCUT2D eigenvalue weighted by Crippen LogP contribution is 2.25. The van der Waals surface area contributed by atoms with Crippen molar-refractivity contribution in [3.63, 3.8) is 0 Å². The molecule has 0 saturated heterocycles. The van der Waals surface area contributed by atoms with E-state index < -0.39 is 5.97 Å². The molecule has 0 spiro atoms. The van der Waals surface area contributed by atoms with E-state index in [4.69, 9.17) is 9.84 Å². The number of carbonyl (C=O) groups is 2. The SMILES string of the molecule is O=C(NCCOc1ccccc1)N[C@H]1CC[C@@H](C(=O)O)C1. The molecule has 0 bridgehead atoms. The predicted molar refractivity (Wildman–Crippen MR) is 77.2 cm³/mol. The van der Waals surface area contributed by atoms with Gasteiger partial charge in [0.05, 0.1) is 12.5 Å². The zero-order chi connectivity index (χ0) is 15.1. The fraction of sp³-hybridized carbons (Fsp3) is 0.467. The molecule has 0 heterocycles. The van der Waals surface area contributed by atoms with Gasteiger partial charge >= 0.3 is 12.0 Å². The Kier molecular flexibility index (Phi) is 5.43. The van der Waals surface area contributed by atoms with Crippen LogP contribution in [0.2, 0.25) is 0 Å². The average Bonchev–Trinajstić information content (AvgIpc) is 2.93. The van der Waals surface area contributed by atoms with Crippen LogP contribution in [-0.2, 0) is 4.79 Å². The van der Waals surface area contributed by atoms with Crippen LogP contribution in [0.15, 0.2) is 30.3 Å². The summed E-state index contributed by atoms with van der Waals surface area (Å²) in [5.41, 5.74) is 0. The molecule has 2 atom stereocenters. The number of hydrogen-bond acceptors (Lipinski definition) is 3. The molecule has 0 radical (unpaired) electrons. The van der Waals surface area contributed by atoms with Gasteiger partial charge in [-0.15, -0.1) is 0 Å². The first kappa shape index (κ1) is 15.2. The minimum atomic E-state index is -0.782. The maximum atomic E-state index is 11.7. The van der Waals surface area contributed by atoms with Crippen molar-refractivity contribution in [2.45, 2.75) is 25.3 Å². The monoisotopic (exact) mass is 292 g/mol. The molecule has 21 heavy (non-hydrogen) atoms. The standard InChI is InChI=1S/C15H20N2O4/c18-14(19)11-6-7-12(10-11)17-15(20)16-8-9-21-13-4-2-1-3-5-13/h1-5,11-12H,6-10H2,(H,18,19)(H2,16,17,20)/t11-,12+/m1/s1. The minimum Gasteiger partial charge on any atom is -0.492 e. The maximum Gasteiger partial charge on any atom is 0.315 e. The van der Waals surface area contributed by atoms with Crippen LogP contribution in [0.3, 0.4) is 0 Å². The fourth-order valence-corrected chi connectivity index (χ4v) is 2.42. The van der Waals surface area contributed by atoms with Gasteiger partial charge in [-0.3, -0.25) is 4.79 Å². The predicted octanol–water partition coefficient (Wildman–Crippen LogP) is 1.62. The number of nitrogens with one attached hydrogen (secondary N) is 2. The van der Waals surface area contributed by atoms with Crippen LogP contribution in [0.1, 0.15) is 19.3 Å². The second kappa shape index (κ2) is 7.52. The molecule has 1 aliphatic rings. The highest BCUT2D eigenvalue weighted by Gasteiger charge is 2.30. The zero-order valence-electron chi connectivity index (χ0n) is 11.7. The number of amides is 2. The van der Waals surface area contributed by atoms with E-state index in [1.54, 1.807) is 0 Å². The Morgan fingerprint density at radius 1 is 1.24 bits per heavy atom. The van der Waals surface area contributed by atoms with Gasteiger partial charge in [-0.2, -0.15) is 0 Å². The Labute approximate surface area is 123 Å². The molecular weight excluding hydrogens is 272 g/mol. The third-order valence-corrected chi connectivity index (χ3v) is 3.52. The summed E-state index contributed by atoms with van der Waals surface area (Å²) >= 11 is 0. The number of benzene rings is 1. The van der Waals surface area contributed by atoms with E-state index in [1.807, 2.05) is 30.3 Å². The Bertz CT molecular complexity index is 478. The van der Waals surface area contributed by atoms with Crippen molar-refractivity contribution in [3.8, 4) is 5.75 Å². The van der Waals surface area contributed by atoms with Gasteiger partial charge in [0.1, 0.15) is 12.4 Å². The van der Waals surface area contributed by atoms with Gasteiger partial charge in [0.25, 0.3) is 0 Å². The molecule has 1 saturated carbocycles. The van der Waals surface area contributed by atoms with E-state index in [2.05, 4.69) is 10.6 Å². The molecule has 6 nitrogen and oxygen atoms in total. The highest BCUT2D eigenvalue weighted by atomic mass is 16.5. The number of carbonyl (C=O) groups excluding carboxylic acids is 1. The molecule has 114 valence electrons. The molecule has 2 rings (SSSR count). The second-order valence-electron chi connectivity index (χ2n) is 5.11. The molecule has 0 unspecified atom stereocenters. The van der Waals surface area contributed by atoms with Crippen molar-refractivity contribution in [2.24, 2.45) is 5.92 Å². The largest absolute Gasteiger partial charge is 0.492 e. The molecule has 2 amide bonds. The molecule has 1 aliphatic carbocycles. The Balaban J connectivity index is 1.59. The number of para-hydroxylation sites is 1. The molecular formula is C15H20N2O4. The van der Waals surface area contributed by atoms with Crippen molar-refractivity contribution in [1.82, 2.24) is 10.6 Å². The summed E-state index contributed by atoms with van der Waals surface area (Å²) in [5, 5.41) is 14.4. The lowest BCUT2D eigenvalue weighted by molar-refractivity contribution is -0.141. The number of carboxylic acid groups (broad SMARTS) is 1. The normalized spacial score (nSPS) is 20.8. The zero-order valence-corrected chi connectivity index (χ0v) is 11.7. The molecule has 0 aliphatic heterocycles. The van der Waals surface area contributed by atoms with Crippen LogP contribution < -0.4 is 15.4 Å². The van der Waals surface area contributed by atoms with Crippen LogP contribution in [-0.4, -0.2) is 36.3 Å². The third-order valence-electron chi connectivity index (χ3n) is 3.52. The summed E-state index contributed by atoms with van der Waals surface area (Å²) < 4.78 is 5.45. The number of carboxylic acids is 1. The van der Waals surface area contributed by atoms with Gasteiger partial charge in [0.2, 0.25) is 0 Å².